The maximum absolute atomic E-state index is 12.4. The summed E-state index contributed by atoms with van der Waals surface area (Å²) in [6.07, 6.45) is 35.9. The third-order valence-corrected chi connectivity index (χ3v) is 8.58. The van der Waals surface area contributed by atoms with Crippen molar-refractivity contribution in [3.63, 3.8) is 0 Å². The summed E-state index contributed by atoms with van der Waals surface area (Å²) in [5, 5.41) is 33.1. The topological polar surface area (TPSA) is 89.8 Å². The van der Waals surface area contributed by atoms with Crippen molar-refractivity contribution in [1.29, 1.82) is 0 Å². The second kappa shape index (κ2) is 33.0. The lowest BCUT2D eigenvalue weighted by Gasteiger charge is -2.23. The molecule has 0 fully saturated rings. The van der Waals surface area contributed by atoms with Gasteiger partial charge in [0.15, 0.2) is 0 Å². The van der Waals surface area contributed by atoms with Crippen molar-refractivity contribution >= 4 is 5.91 Å². The molecule has 0 rings (SSSR count). The number of aliphatic hydroxyl groups excluding tert-OH is 3. The predicted octanol–water partition coefficient (Wildman–Crippen LogP) is 9.70. The molecule has 1 amide bonds. The molecule has 0 aromatic carbocycles. The maximum Gasteiger partial charge on any atom is 0.222 e. The highest BCUT2D eigenvalue weighted by atomic mass is 16.3. The first-order chi connectivity index (χ1) is 20.5. The molecular formula is C37H73NO4. The summed E-state index contributed by atoms with van der Waals surface area (Å²) in [6, 6.07) is -0.655. The molecule has 0 aliphatic carbocycles. The van der Waals surface area contributed by atoms with Crippen molar-refractivity contribution in [3.05, 3.63) is 12.2 Å². The van der Waals surface area contributed by atoms with E-state index in [4.69, 9.17) is 0 Å². The van der Waals surface area contributed by atoms with Gasteiger partial charge in [-0.3, -0.25) is 4.79 Å². The van der Waals surface area contributed by atoms with Gasteiger partial charge in [0.2, 0.25) is 5.91 Å². The normalized spacial score (nSPS) is 13.9. The minimum absolute atomic E-state index is 0.0329. The fourth-order valence-corrected chi connectivity index (χ4v) is 5.69. The Morgan fingerprint density at radius 3 is 1.38 bits per heavy atom. The molecule has 0 aromatic heterocycles. The summed E-state index contributed by atoms with van der Waals surface area (Å²) in [5.41, 5.74) is 0. The zero-order valence-corrected chi connectivity index (χ0v) is 28.1. The highest BCUT2D eigenvalue weighted by molar-refractivity contribution is 5.76. The van der Waals surface area contributed by atoms with Crippen LogP contribution in [-0.4, -0.2) is 46.1 Å². The monoisotopic (exact) mass is 596 g/mol. The largest absolute Gasteiger partial charge is 0.394 e. The highest BCUT2D eigenvalue weighted by Crippen LogP contribution is 2.15. The molecule has 0 spiro atoms. The van der Waals surface area contributed by atoms with Gasteiger partial charge in [-0.1, -0.05) is 161 Å². The first-order valence-electron chi connectivity index (χ1n) is 18.5. The average Bonchev–Trinajstić information content (AvgIpc) is 2.98. The van der Waals surface area contributed by atoms with Crippen molar-refractivity contribution in [1.82, 2.24) is 5.32 Å². The van der Waals surface area contributed by atoms with E-state index < -0.39 is 18.2 Å². The average molecular weight is 596 g/mol. The fourth-order valence-electron chi connectivity index (χ4n) is 5.69. The number of unbranched alkanes of at least 4 members (excludes halogenated alkanes) is 22. The van der Waals surface area contributed by atoms with E-state index in [0.29, 0.717) is 12.8 Å². The molecular weight excluding hydrogens is 522 g/mol. The lowest BCUT2D eigenvalue weighted by molar-refractivity contribution is -0.125. The molecule has 3 unspecified atom stereocenters. The van der Waals surface area contributed by atoms with Crippen molar-refractivity contribution in [3.8, 4) is 0 Å². The summed E-state index contributed by atoms with van der Waals surface area (Å²) >= 11 is 0. The quantitative estimate of drug-likeness (QED) is 0.0449. The number of carbonyl (C=O) groups is 1. The number of amides is 1. The van der Waals surface area contributed by atoms with E-state index in [9.17, 15) is 20.1 Å². The van der Waals surface area contributed by atoms with Gasteiger partial charge in [0.25, 0.3) is 0 Å². The number of hydrogen-bond donors (Lipinski definition) is 4. The van der Waals surface area contributed by atoms with Gasteiger partial charge < -0.3 is 20.6 Å². The third-order valence-electron chi connectivity index (χ3n) is 8.58. The minimum atomic E-state index is -0.745. The fraction of sp³-hybridized carbons (Fsp3) is 0.919. The Hall–Kier alpha value is -0.910. The van der Waals surface area contributed by atoms with Crippen LogP contribution in [0, 0.1) is 0 Å². The smallest absolute Gasteiger partial charge is 0.222 e. The Morgan fingerprint density at radius 2 is 0.952 bits per heavy atom. The van der Waals surface area contributed by atoms with Crippen LogP contribution in [0.5, 0.6) is 0 Å². The molecule has 5 nitrogen and oxygen atoms in total. The number of aliphatic hydroxyl groups is 3. The summed E-state index contributed by atoms with van der Waals surface area (Å²) in [7, 11) is 0. The van der Waals surface area contributed by atoms with Gasteiger partial charge in [0.05, 0.1) is 31.3 Å². The van der Waals surface area contributed by atoms with Gasteiger partial charge in [0.1, 0.15) is 0 Å². The molecule has 0 aliphatic rings. The number of carbonyl (C=O) groups excluding carboxylic acids is 1. The van der Waals surface area contributed by atoms with Gasteiger partial charge in [-0.2, -0.15) is 0 Å². The third kappa shape index (κ3) is 29.2. The number of rotatable bonds is 33. The van der Waals surface area contributed by atoms with E-state index >= 15 is 0 Å². The first-order valence-corrected chi connectivity index (χ1v) is 18.5. The molecule has 0 saturated carbocycles. The van der Waals surface area contributed by atoms with E-state index in [0.717, 1.165) is 32.1 Å². The zero-order valence-electron chi connectivity index (χ0n) is 28.1. The SMILES string of the molecule is CCCCCCCCCC/C=C\CCCCCCCC(O)CC(=O)NC(CO)C(O)CCCCCCCCCCCC. The maximum atomic E-state index is 12.4. The second-order valence-corrected chi connectivity index (χ2v) is 12.8. The molecule has 0 heterocycles. The lowest BCUT2D eigenvalue weighted by atomic mass is 10.0. The van der Waals surface area contributed by atoms with Crippen molar-refractivity contribution in [2.45, 2.75) is 212 Å². The van der Waals surface area contributed by atoms with E-state index in [1.165, 1.54) is 128 Å². The van der Waals surface area contributed by atoms with Crippen LogP contribution in [-0.2, 0) is 4.79 Å². The van der Waals surface area contributed by atoms with Crippen LogP contribution in [0.4, 0.5) is 0 Å². The van der Waals surface area contributed by atoms with Crippen LogP contribution >= 0.6 is 0 Å². The van der Waals surface area contributed by atoms with Gasteiger partial charge in [-0.15, -0.1) is 0 Å². The number of hydrogen-bond acceptors (Lipinski definition) is 4. The van der Waals surface area contributed by atoms with Crippen LogP contribution in [0.15, 0.2) is 12.2 Å². The van der Waals surface area contributed by atoms with E-state index in [2.05, 4.69) is 31.3 Å². The lowest BCUT2D eigenvalue weighted by Crippen LogP contribution is -2.46. The molecule has 0 aromatic rings. The second-order valence-electron chi connectivity index (χ2n) is 12.8. The molecule has 0 aliphatic heterocycles. The van der Waals surface area contributed by atoms with Gasteiger partial charge >= 0.3 is 0 Å². The predicted molar refractivity (Wildman–Crippen MR) is 181 cm³/mol. The minimum Gasteiger partial charge on any atom is -0.394 e. The number of allylic oxidation sites excluding steroid dienone is 2. The van der Waals surface area contributed by atoms with Crippen LogP contribution in [0.2, 0.25) is 0 Å². The Morgan fingerprint density at radius 1 is 0.571 bits per heavy atom. The summed E-state index contributed by atoms with van der Waals surface area (Å²) < 4.78 is 0. The van der Waals surface area contributed by atoms with Crippen molar-refractivity contribution < 1.29 is 20.1 Å². The Bertz CT molecular complexity index is 582. The summed E-state index contributed by atoms with van der Waals surface area (Å²) in [4.78, 5) is 12.4. The van der Waals surface area contributed by atoms with Crippen molar-refractivity contribution in [2.75, 3.05) is 6.61 Å². The van der Waals surface area contributed by atoms with Gasteiger partial charge in [-0.05, 0) is 38.5 Å². The molecule has 0 radical (unpaired) electrons. The summed E-state index contributed by atoms with van der Waals surface area (Å²) in [5.74, 6) is -0.289. The van der Waals surface area contributed by atoms with Crippen molar-refractivity contribution in [2.24, 2.45) is 0 Å². The van der Waals surface area contributed by atoms with E-state index in [1.54, 1.807) is 0 Å². The zero-order chi connectivity index (χ0) is 30.9. The molecule has 5 heteroatoms. The van der Waals surface area contributed by atoms with Crippen LogP contribution in [0.1, 0.15) is 194 Å². The summed E-state index contributed by atoms with van der Waals surface area (Å²) in [6.45, 7) is 4.23. The molecule has 0 bridgehead atoms. The van der Waals surface area contributed by atoms with E-state index in [-0.39, 0.29) is 18.9 Å². The molecule has 42 heavy (non-hydrogen) atoms. The molecule has 250 valence electrons. The highest BCUT2D eigenvalue weighted by Gasteiger charge is 2.21. The number of nitrogens with one attached hydrogen (secondary N) is 1. The Balaban J connectivity index is 3.66. The van der Waals surface area contributed by atoms with Gasteiger partial charge in [0, 0.05) is 0 Å². The molecule has 4 N–H and O–H groups in total. The first kappa shape index (κ1) is 41.1. The van der Waals surface area contributed by atoms with Crippen LogP contribution < -0.4 is 5.32 Å². The molecule has 0 saturated heterocycles. The Kier molecular flexibility index (Phi) is 32.3. The Labute approximate surface area is 261 Å². The van der Waals surface area contributed by atoms with Crippen LogP contribution in [0.3, 0.4) is 0 Å². The molecule has 3 atom stereocenters. The van der Waals surface area contributed by atoms with E-state index in [1.807, 2.05) is 0 Å². The standard InChI is InChI=1S/C37H73NO4/c1-3-5-7-9-11-13-15-16-17-18-19-20-21-22-24-26-28-30-34(40)32-37(42)38-35(33-39)36(41)31-29-27-25-23-14-12-10-8-6-4-2/h18-19,34-36,39-41H,3-17,20-33H2,1-2H3,(H,38,42)/b19-18-. The van der Waals surface area contributed by atoms with Gasteiger partial charge in [-0.25, -0.2) is 0 Å². The van der Waals surface area contributed by atoms with Crippen LogP contribution in [0.25, 0.3) is 0 Å².